The van der Waals surface area contributed by atoms with Gasteiger partial charge in [-0.1, -0.05) is 37.5 Å². The standard InChI is InChI=1S/C18H18N2OS2/c21-17-16(10-12-11-19-15-9-5-4-8-14(12)15)23-18(22)20(17)13-6-2-1-3-7-13/h4-5,8-11,13,21H,1-3,6-7H2/b12-10-. The van der Waals surface area contributed by atoms with Crippen LogP contribution in [0.4, 0.5) is 5.69 Å². The highest BCUT2D eigenvalue weighted by Gasteiger charge is 2.22. The molecule has 2 heterocycles. The number of hydrogen-bond donors (Lipinski definition) is 1. The van der Waals surface area contributed by atoms with E-state index in [1.54, 1.807) is 0 Å². The highest BCUT2D eigenvalue weighted by atomic mass is 32.1. The molecular formula is C18H18N2OS2. The van der Waals surface area contributed by atoms with Gasteiger partial charge in [-0.15, -0.1) is 11.3 Å². The maximum absolute atomic E-state index is 10.7. The Hall–Kier alpha value is -1.72. The Morgan fingerprint density at radius 1 is 1.22 bits per heavy atom. The SMILES string of the molecule is Oc1c(/C=C2/C=Nc3ccccc32)sc(=S)n1C1CCCCC1. The molecule has 3 nitrogen and oxygen atoms in total. The van der Waals surface area contributed by atoms with Gasteiger partial charge in [0.1, 0.15) is 0 Å². The van der Waals surface area contributed by atoms with Crippen molar-refractivity contribution >= 4 is 47.1 Å². The smallest absolute Gasteiger partial charge is 0.210 e. The predicted octanol–water partition coefficient (Wildman–Crippen LogP) is 5.75. The second-order valence-corrected chi connectivity index (χ2v) is 7.77. The number of rotatable bonds is 2. The van der Waals surface area contributed by atoms with Crippen molar-refractivity contribution in [1.29, 1.82) is 0 Å². The molecule has 0 radical (unpaired) electrons. The lowest BCUT2D eigenvalue weighted by Gasteiger charge is -2.23. The van der Waals surface area contributed by atoms with E-state index >= 15 is 0 Å². The first kappa shape index (κ1) is 14.8. The second-order valence-electron chi connectivity index (χ2n) is 6.09. The molecule has 23 heavy (non-hydrogen) atoms. The summed E-state index contributed by atoms with van der Waals surface area (Å²) in [7, 11) is 0. The van der Waals surface area contributed by atoms with Crippen LogP contribution in [0.5, 0.6) is 5.88 Å². The molecule has 1 aromatic carbocycles. The van der Waals surface area contributed by atoms with Crippen molar-refractivity contribution in [1.82, 2.24) is 4.57 Å². The van der Waals surface area contributed by atoms with Crippen LogP contribution in [0.1, 0.15) is 48.6 Å². The molecule has 0 bridgehead atoms. The molecule has 1 fully saturated rings. The number of nitrogens with zero attached hydrogens (tertiary/aromatic N) is 2. The Kier molecular flexibility index (Phi) is 3.91. The van der Waals surface area contributed by atoms with Crippen LogP contribution < -0.4 is 0 Å². The Balaban J connectivity index is 1.73. The third kappa shape index (κ3) is 2.68. The summed E-state index contributed by atoms with van der Waals surface area (Å²) in [4.78, 5) is 5.25. The van der Waals surface area contributed by atoms with Gasteiger partial charge in [-0.2, -0.15) is 0 Å². The van der Waals surface area contributed by atoms with Crippen LogP contribution >= 0.6 is 23.6 Å². The van der Waals surface area contributed by atoms with Crippen LogP contribution in [-0.2, 0) is 0 Å². The Morgan fingerprint density at radius 2 is 2.00 bits per heavy atom. The molecule has 0 amide bonds. The Bertz CT molecular complexity index is 854. The van der Waals surface area contributed by atoms with Crippen molar-refractivity contribution in [3.63, 3.8) is 0 Å². The predicted molar refractivity (Wildman–Crippen MR) is 99.4 cm³/mol. The molecule has 1 aromatic heterocycles. The van der Waals surface area contributed by atoms with Crippen molar-refractivity contribution in [2.24, 2.45) is 4.99 Å². The van der Waals surface area contributed by atoms with Crippen molar-refractivity contribution in [3.05, 3.63) is 38.7 Å². The van der Waals surface area contributed by atoms with Crippen LogP contribution in [0.25, 0.3) is 11.6 Å². The summed E-state index contributed by atoms with van der Waals surface area (Å²) in [6, 6.07) is 8.41. The van der Waals surface area contributed by atoms with E-state index in [1.807, 2.05) is 35.1 Å². The van der Waals surface area contributed by atoms with E-state index < -0.39 is 0 Å². The number of allylic oxidation sites excluding steroid dienone is 1. The van der Waals surface area contributed by atoms with Gasteiger partial charge in [-0.3, -0.25) is 9.56 Å². The molecule has 1 aliphatic heterocycles. The molecule has 0 saturated heterocycles. The lowest BCUT2D eigenvalue weighted by molar-refractivity contribution is 0.312. The highest BCUT2D eigenvalue weighted by Crippen LogP contribution is 2.39. The highest BCUT2D eigenvalue weighted by molar-refractivity contribution is 7.73. The second kappa shape index (κ2) is 6.06. The van der Waals surface area contributed by atoms with Gasteiger partial charge < -0.3 is 5.11 Å². The number of aliphatic imine (C=N–C) groups is 1. The van der Waals surface area contributed by atoms with Gasteiger partial charge >= 0.3 is 0 Å². The first-order valence-electron chi connectivity index (χ1n) is 8.03. The molecule has 0 spiro atoms. The van der Waals surface area contributed by atoms with Gasteiger partial charge in [0, 0.05) is 23.4 Å². The molecular weight excluding hydrogens is 324 g/mol. The summed E-state index contributed by atoms with van der Waals surface area (Å²) in [6.45, 7) is 0. The summed E-state index contributed by atoms with van der Waals surface area (Å²) >= 11 is 7.00. The molecule has 4 rings (SSSR count). The normalized spacial score (nSPS) is 19.4. The van der Waals surface area contributed by atoms with Crippen molar-refractivity contribution in [2.75, 3.05) is 0 Å². The molecule has 1 N–H and O–H groups in total. The lowest BCUT2D eigenvalue weighted by atomic mass is 9.95. The zero-order valence-electron chi connectivity index (χ0n) is 12.7. The van der Waals surface area contributed by atoms with Crippen LogP contribution in [0.2, 0.25) is 0 Å². The molecule has 1 saturated carbocycles. The summed E-state index contributed by atoms with van der Waals surface area (Å²) in [5.74, 6) is 0.317. The van der Waals surface area contributed by atoms with E-state index in [2.05, 4.69) is 11.1 Å². The van der Waals surface area contributed by atoms with Crippen LogP contribution in [0.15, 0.2) is 29.3 Å². The molecule has 2 aromatic rings. The minimum absolute atomic E-state index is 0.317. The molecule has 5 heteroatoms. The topological polar surface area (TPSA) is 37.5 Å². The fourth-order valence-corrected chi connectivity index (χ4v) is 4.85. The van der Waals surface area contributed by atoms with Gasteiger partial charge in [-0.05, 0) is 37.2 Å². The molecule has 0 unspecified atom stereocenters. The quantitative estimate of drug-likeness (QED) is 0.706. The number of benzene rings is 1. The summed E-state index contributed by atoms with van der Waals surface area (Å²) < 4.78 is 2.73. The van der Waals surface area contributed by atoms with Gasteiger partial charge in [0.05, 0.1) is 10.6 Å². The summed E-state index contributed by atoms with van der Waals surface area (Å²) in [6.07, 6.45) is 9.81. The largest absolute Gasteiger partial charge is 0.493 e. The van der Waals surface area contributed by atoms with E-state index in [0.717, 1.165) is 38.5 Å². The number of para-hydroxylation sites is 1. The van der Waals surface area contributed by atoms with E-state index in [9.17, 15) is 5.11 Å². The van der Waals surface area contributed by atoms with Gasteiger partial charge in [0.15, 0.2) is 3.95 Å². The number of aromatic hydroxyl groups is 1. The third-order valence-corrected chi connectivity index (χ3v) is 5.97. The fraction of sp³-hybridized carbons (Fsp3) is 0.333. The van der Waals surface area contributed by atoms with Crippen molar-refractivity contribution < 1.29 is 5.11 Å². The van der Waals surface area contributed by atoms with E-state index in [4.69, 9.17) is 12.2 Å². The summed E-state index contributed by atoms with van der Waals surface area (Å²) in [5, 5.41) is 10.7. The maximum Gasteiger partial charge on any atom is 0.210 e. The lowest BCUT2D eigenvalue weighted by Crippen LogP contribution is -2.12. The van der Waals surface area contributed by atoms with E-state index in [1.165, 1.54) is 30.6 Å². The Labute approximate surface area is 144 Å². The van der Waals surface area contributed by atoms with E-state index in [0.29, 0.717) is 11.9 Å². The average molecular weight is 342 g/mol. The molecule has 118 valence electrons. The van der Waals surface area contributed by atoms with E-state index in [-0.39, 0.29) is 0 Å². The first-order valence-corrected chi connectivity index (χ1v) is 9.26. The number of fused-ring (bicyclic) bond motifs is 1. The third-order valence-electron chi connectivity index (χ3n) is 4.63. The maximum atomic E-state index is 10.7. The van der Waals surface area contributed by atoms with Gasteiger partial charge in [-0.25, -0.2) is 0 Å². The number of thiazole rings is 1. The van der Waals surface area contributed by atoms with Crippen LogP contribution in [0, 0.1) is 3.95 Å². The minimum Gasteiger partial charge on any atom is -0.493 e. The van der Waals surface area contributed by atoms with Crippen molar-refractivity contribution in [2.45, 2.75) is 38.1 Å². The monoisotopic (exact) mass is 342 g/mol. The Morgan fingerprint density at radius 3 is 2.83 bits per heavy atom. The van der Waals surface area contributed by atoms with Crippen LogP contribution in [0.3, 0.4) is 0 Å². The van der Waals surface area contributed by atoms with Gasteiger partial charge in [0.2, 0.25) is 5.88 Å². The molecule has 2 aliphatic rings. The van der Waals surface area contributed by atoms with Crippen molar-refractivity contribution in [3.8, 4) is 5.88 Å². The van der Waals surface area contributed by atoms with Crippen LogP contribution in [-0.4, -0.2) is 15.9 Å². The molecule has 1 aliphatic carbocycles. The molecule has 0 atom stereocenters. The minimum atomic E-state index is 0.317. The van der Waals surface area contributed by atoms with Gasteiger partial charge in [0.25, 0.3) is 0 Å². The fourth-order valence-electron chi connectivity index (χ4n) is 3.44. The number of aromatic nitrogens is 1. The summed E-state index contributed by atoms with van der Waals surface area (Å²) in [5.41, 5.74) is 3.12. The first-order chi connectivity index (χ1) is 11.2. The zero-order valence-corrected chi connectivity index (χ0v) is 14.4. The number of hydrogen-bond acceptors (Lipinski definition) is 4. The average Bonchev–Trinajstić information content (AvgIpc) is 3.10. The zero-order chi connectivity index (χ0) is 15.8.